The third kappa shape index (κ3) is 6.08. The van der Waals surface area contributed by atoms with Crippen LogP contribution in [0.25, 0.3) is 0 Å². The van der Waals surface area contributed by atoms with Crippen LogP contribution in [0.15, 0.2) is 0 Å². The molecule has 0 rings (SSSR count). The van der Waals surface area contributed by atoms with E-state index in [0.29, 0.717) is 0 Å². The van der Waals surface area contributed by atoms with Crippen LogP contribution in [0.5, 0.6) is 0 Å². The molecule has 0 fully saturated rings. The van der Waals surface area contributed by atoms with E-state index in [0.717, 1.165) is 0 Å². The molecule has 2 N–H and O–H groups in total. The number of carbonyl (C=O) groups is 1. The van der Waals surface area contributed by atoms with Gasteiger partial charge in [-0.3, -0.25) is 10.1 Å². The Morgan fingerprint density at radius 2 is 1.81 bits per heavy atom. The van der Waals surface area contributed by atoms with Crippen molar-refractivity contribution in [1.29, 1.82) is 0 Å². The first-order valence-corrected chi connectivity index (χ1v) is 5.77. The Labute approximate surface area is 98.4 Å². The molecule has 0 saturated heterocycles. The van der Waals surface area contributed by atoms with Crippen LogP contribution in [0, 0.1) is 5.92 Å². The Balaban J connectivity index is 4.24. The van der Waals surface area contributed by atoms with Gasteiger partial charge in [0, 0.05) is 6.04 Å². The molecule has 0 aromatic rings. The Bertz CT molecular complexity index is 221. The van der Waals surface area contributed by atoms with Gasteiger partial charge in [0.2, 0.25) is 0 Å². The largest absolute Gasteiger partial charge is 0.459 e. The van der Waals surface area contributed by atoms with Crippen LogP contribution in [0.1, 0.15) is 41.5 Å². The summed E-state index contributed by atoms with van der Waals surface area (Å²) in [6, 6.07) is -0.485. The molecular formula is C12H25NO3. The van der Waals surface area contributed by atoms with Gasteiger partial charge in [0.15, 0.2) is 0 Å². The second kappa shape index (κ2) is 6.21. The Kier molecular flexibility index (Phi) is 5.97. The molecule has 0 heterocycles. The van der Waals surface area contributed by atoms with Crippen LogP contribution in [0.3, 0.4) is 0 Å². The molecule has 0 radical (unpaired) electrons. The lowest BCUT2D eigenvalue weighted by Gasteiger charge is -2.26. The van der Waals surface area contributed by atoms with E-state index >= 15 is 0 Å². The van der Waals surface area contributed by atoms with Gasteiger partial charge in [-0.05, 0) is 33.6 Å². The maximum Gasteiger partial charge on any atom is 0.323 e. The van der Waals surface area contributed by atoms with Gasteiger partial charge in [-0.15, -0.1) is 0 Å². The predicted octanol–water partition coefficient (Wildman–Crippen LogP) is 1.32. The van der Waals surface area contributed by atoms with E-state index in [4.69, 9.17) is 9.84 Å². The molecular weight excluding hydrogens is 206 g/mol. The first-order valence-electron chi connectivity index (χ1n) is 5.77. The van der Waals surface area contributed by atoms with Crippen LogP contribution < -0.4 is 5.32 Å². The summed E-state index contributed by atoms with van der Waals surface area (Å²) in [6.07, 6.45) is 0. The number of aliphatic hydroxyl groups excluding tert-OH is 1. The lowest BCUT2D eigenvalue weighted by molar-refractivity contribution is -0.157. The molecule has 1 unspecified atom stereocenters. The fourth-order valence-corrected chi connectivity index (χ4v) is 1.24. The van der Waals surface area contributed by atoms with Crippen molar-refractivity contribution in [3.8, 4) is 0 Å². The molecule has 2 atom stereocenters. The predicted molar refractivity (Wildman–Crippen MR) is 64.2 cm³/mol. The van der Waals surface area contributed by atoms with E-state index in [-0.39, 0.29) is 24.5 Å². The van der Waals surface area contributed by atoms with Crippen molar-refractivity contribution in [3.63, 3.8) is 0 Å². The molecule has 0 spiro atoms. The van der Waals surface area contributed by atoms with Crippen LogP contribution in [-0.2, 0) is 9.53 Å². The highest BCUT2D eigenvalue weighted by atomic mass is 16.6. The molecule has 96 valence electrons. The molecule has 0 aromatic heterocycles. The summed E-state index contributed by atoms with van der Waals surface area (Å²) < 4.78 is 5.24. The molecule has 0 aromatic carbocycles. The zero-order valence-corrected chi connectivity index (χ0v) is 11.2. The highest BCUT2D eigenvalue weighted by Crippen LogP contribution is 2.09. The average molecular weight is 231 g/mol. The van der Waals surface area contributed by atoms with Gasteiger partial charge in [0.25, 0.3) is 0 Å². The van der Waals surface area contributed by atoms with E-state index in [2.05, 4.69) is 5.32 Å². The summed E-state index contributed by atoms with van der Waals surface area (Å²) >= 11 is 0. The lowest BCUT2D eigenvalue weighted by Crippen LogP contribution is -2.47. The SMILES string of the molecule is CC(N[C@H](CO)C(C)C)C(=O)OC(C)(C)C. The van der Waals surface area contributed by atoms with Gasteiger partial charge in [-0.1, -0.05) is 13.8 Å². The Morgan fingerprint density at radius 3 is 2.12 bits per heavy atom. The molecule has 0 aliphatic heterocycles. The highest BCUT2D eigenvalue weighted by molar-refractivity contribution is 5.75. The number of hydrogen-bond donors (Lipinski definition) is 2. The number of ether oxygens (including phenoxy) is 1. The van der Waals surface area contributed by atoms with Crippen molar-refractivity contribution in [2.24, 2.45) is 5.92 Å². The number of esters is 1. The van der Waals surface area contributed by atoms with Crippen molar-refractivity contribution in [2.45, 2.75) is 59.2 Å². The summed E-state index contributed by atoms with van der Waals surface area (Å²) in [5.74, 6) is -0.0125. The van der Waals surface area contributed by atoms with Crippen molar-refractivity contribution in [1.82, 2.24) is 5.32 Å². The summed E-state index contributed by atoms with van der Waals surface area (Å²) in [5, 5.41) is 12.2. The maximum atomic E-state index is 11.7. The van der Waals surface area contributed by atoms with Crippen molar-refractivity contribution >= 4 is 5.97 Å². The van der Waals surface area contributed by atoms with Crippen molar-refractivity contribution < 1.29 is 14.6 Å². The average Bonchev–Trinajstić information content (AvgIpc) is 2.10. The smallest absolute Gasteiger partial charge is 0.323 e. The lowest BCUT2D eigenvalue weighted by atomic mass is 10.0. The molecule has 4 heteroatoms. The highest BCUT2D eigenvalue weighted by Gasteiger charge is 2.24. The van der Waals surface area contributed by atoms with Gasteiger partial charge in [0.05, 0.1) is 6.61 Å². The summed E-state index contributed by atoms with van der Waals surface area (Å²) in [6.45, 7) is 11.3. The minimum atomic E-state index is -0.473. The third-order valence-electron chi connectivity index (χ3n) is 2.23. The standard InChI is InChI=1S/C12H25NO3/c1-8(2)10(7-14)13-9(3)11(15)16-12(4,5)6/h8-10,13-14H,7H2,1-6H3/t9?,10-/m1/s1. The van der Waals surface area contributed by atoms with Gasteiger partial charge < -0.3 is 9.84 Å². The minimum absolute atomic E-state index is 0.0187. The second-order valence-corrected chi connectivity index (χ2v) is 5.45. The van der Waals surface area contributed by atoms with Crippen molar-refractivity contribution in [3.05, 3.63) is 0 Å². The van der Waals surface area contributed by atoms with Crippen LogP contribution in [-0.4, -0.2) is 35.4 Å². The van der Waals surface area contributed by atoms with E-state index in [1.807, 2.05) is 34.6 Å². The number of aliphatic hydroxyl groups is 1. The van der Waals surface area contributed by atoms with E-state index in [1.165, 1.54) is 0 Å². The Morgan fingerprint density at radius 1 is 1.31 bits per heavy atom. The Hall–Kier alpha value is -0.610. The normalized spacial score (nSPS) is 16.0. The molecule has 4 nitrogen and oxygen atoms in total. The number of nitrogens with one attached hydrogen (secondary N) is 1. The second-order valence-electron chi connectivity index (χ2n) is 5.45. The first-order chi connectivity index (χ1) is 7.17. The zero-order chi connectivity index (χ0) is 12.9. The summed E-state index contributed by atoms with van der Waals surface area (Å²) in [4.78, 5) is 11.7. The zero-order valence-electron chi connectivity index (χ0n) is 11.2. The van der Waals surface area contributed by atoms with E-state index < -0.39 is 11.6 Å². The quantitative estimate of drug-likeness (QED) is 0.701. The molecule has 16 heavy (non-hydrogen) atoms. The van der Waals surface area contributed by atoms with Gasteiger partial charge >= 0.3 is 5.97 Å². The van der Waals surface area contributed by atoms with E-state index in [9.17, 15) is 4.79 Å². The third-order valence-corrected chi connectivity index (χ3v) is 2.23. The van der Waals surface area contributed by atoms with Crippen LogP contribution in [0.4, 0.5) is 0 Å². The number of hydrogen-bond acceptors (Lipinski definition) is 4. The van der Waals surface area contributed by atoms with Crippen LogP contribution in [0.2, 0.25) is 0 Å². The molecule has 0 bridgehead atoms. The molecule has 0 aliphatic rings. The first kappa shape index (κ1) is 15.4. The monoisotopic (exact) mass is 231 g/mol. The summed E-state index contributed by atoms with van der Waals surface area (Å²) in [5.41, 5.74) is -0.473. The summed E-state index contributed by atoms with van der Waals surface area (Å²) in [7, 11) is 0. The molecule has 0 amide bonds. The molecule has 0 saturated carbocycles. The maximum absolute atomic E-state index is 11.7. The topological polar surface area (TPSA) is 58.6 Å². The van der Waals surface area contributed by atoms with E-state index in [1.54, 1.807) is 6.92 Å². The molecule has 0 aliphatic carbocycles. The number of rotatable bonds is 5. The fourth-order valence-electron chi connectivity index (χ4n) is 1.24. The van der Waals surface area contributed by atoms with Crippen molar-refractivity contribution in [2.75, 3.05) is 6.61 Å². The van der Waals surface area contributed by atoms with Gasteiger partial charge in [-0.25, -0.2) is 0 Å². The fraction of sp³-hybridized carbons (Fsp3) is 0.917. The number of carbonyl (C=O) groups excluding carboxylic acids is 1. The van der Waals surface area contributed by atoms with Gasteiger partial charge in [0.1, 0.15) is 11.6 Å². The minimum Gasteiger partial charge on any atom is -0.459 e. The van der Waals surface area contributed by atoms with Gasteiger partial charge in [-0.2, -0.15) is 0 Å². The van der Waals surface area contributed by atoms with Crippen LogP contribution >= 0.6 is 0 Å².